The van der Waals surface area contributed by atoms with Gasteiger partial charge in [0, 0.05) is 25.6 Å². The van der Waals surface area contributed by atoms with Crippen LogP contribution in [-0.4, -0.2) is 40.0 Å². The fourth-order valence-electron chi connectivity index (χ4n) is 3.45. The summed E-state index contributed by atoms with van der Waals surface area (Å²) in [6, 6.07) is 7.90. The molecule has 3 rings (SSSR count). The molecule has 2 heterocycles. The van der Waals surface area contributed by atoms with Crippen LogP contribution < -0.4 is 5.69 Å². The number of benzene rings is 1. The normalized spacial score (nSPS) is 17.9. The van der Waals surface area contributed by atoms with Crippen LogP contribution in [0.5, 0.6) is 0 Å². The zero-order chi connectivity index (χ0) is 16.4. The summed E-state index contributed by atoms with van der Waals surface area (Å²) in [6.45, 7) is 3.39. The summed E-state index contributed by atoms with van der Waals surface area (Å²) in [4.78, 5) is 17.3. The zero-order valence-corrected chi connectivity index (χ0v) is 13.4. The largest absolute Gasteiger partial charge is 0.326 e. The van der Waals surface area contributed by atoms with E-state index in [9.17, 15) is 13.6 Å². The van der Waals surface area contributed by atoms with E-state index in [1.807, 2.05) is 28.8 Å². The number of nitrogens with one attached hydrogen (secondary N) is 1. The Bertz CT molecular complexity index is 708. The molecule has 6 heteroatoms. The number of imidazole rings is 1. The van der Waals surface area contributed by atoms with Crippen LogP contribution in [0.3, 0.4) is 0 Å². The second kappa shape index (κ2) is 6.43. The van der Waals surface area contributed by atoms with Gasteiger partial charge in [0.15, 0.2) is 0 Å². The molecular formula is C17H23F2N3O. The molecule has 126 valence electrons. The van der Waals surface area contributed by atoms with Crippen LogP contribution in [-0.2, 0) is 0 Å². The van der Waals surface area contributed by atoms with E-state index >= 15 is 0 Å². The number of nitrogens with zero attached hydrogens (tertiary/aromatic N) is 2. The van der Waals surface area contributed by atoms with Gasteiger partial charge in [-0.1, -0.05) is 12.1 Å². The molecule has 0 atom stereocenters. The van der Waals surface area contributed by atoms with Crippen molar-refractivity contribution in [3.63, 3.8) is 0 Å². The number of aromatic amines is 1. The van der Waals surface area contributed by atoms with Gasteiger partial charge in [0.2, 0.25) is 5.92 Å². The Balaban J connectivity index is 1.60. The summed E-state index contributed by atoms with van der Waals surface area (Å²) in [6.07, 6.45) is 2.21. The van der Waals surface area contributed by atoms with Gasteiger partial charge in [-0.05, 0) is 44.9 Å². The predicted octanol–water partition coefficient (Wildman–Crippen LogP) is 3.40. The SMILES string of the molecule is CC(F)(F)CCCN1CCC(n2c(=O)[nH]c3ccccc32)CC1. The first-order valence-electron chi connectivity index (χ1n) is 8.23. The van der Waals surface area contributed by atoms with E-state index in [1.165, 1.54) is 0 Å². The lowest BCUT2D eigenvalue weighted by molar-refractivity contribution is 0.00763. The van der Waals surface area contributed by atoms with Crippen LogP contribution in [0, 0.1) is 0 Å². The number of rotatable bonds is 5. The van der Waals surface area contributed by atoms with Crippen molar-refractivity contribution in [2.24, 2.45) is 0 Å². The second-order valence-corrected chi connectivity index (χ2v) is 6.56. The molecule has 0 unspecified atom stereocenters. The number of fused-ring (bicyclic) bond motifs is 1. The molecule has 0 amide bonds. The summed E-state index contributed by atoms with van der Waals surface area (Å²) < 4.78 is 27.6. The Hall–Kier alpha value is -1.69. The van der Waals surface area contributed by atoms with Crippen LogP contribution in [0.4, 0.5) is 8.78 Å². The number of alkyl halides is 2. The van der Waals surface area contributed by atoms with Gasteiger partial charge in [-0.25, -0.2) is 13.6 Å². The molecule has 0 spiro atoms. The minimum absolute atomic E-state index is 0.0599. The monoisotopic (exact) mass is 323 g/mol. The van der Waals surface area contributed by atoms with Crippen LogP contribution in [0.15, 0.2) is 29.1 Å². The maximum atomic E-state index is 12.9. The highest BCUT2D eigenvalue weighted by atomic mass is 19.3. The lowest BCUT2D eigenvalue weighted by Gasteiger charge is -2.32. The highest BCUT2D eigenvalue weighted by Crippen LogP contribution is 2.25. The quantitative estimate of drug-likeness (QED) is 0.916. The van der Waals surface area contributed by atoms with Crippen molar-refractivity contribution in [1.29, 1.82) is 0 Å². The Morgan fingerprint density at radius 3 is 2.65 bits per heavy atom. The summed E-state index contributed by atoms with van der Waals surface area (Å²) >= 11 is 0. The first kappa shape index (κ1) is 16.2. The Kier molecular flexibility index (Phi) is 4.53. The van der Waals surface area contributed by atoms with Gasteiger partial charge in [-0.15, -0.1) is 0 Å². The van der Waals surface area contributed by atoms with Crippen molar-refractivity contribution >= 4 is 11.0 Å². The smallest absolute Gasteiger partial charge is 0.306 e. The van der Waals surface area contributed by atoms with E-state index in [4.69, 9.17) is 0 Å². The average Bonchev–Trinajstić information content (AvgIpc) is 2.83. The van der Waals surface area contributed by atoms with E-state index in [0.29, 0.717) is 13.0 Å². The molecule has 1 aliphatic rings. The third kappa shape index (κ3) is 3.80. The molecule has 2 aromatic rings. The van der Waals surface area contributed by atoms with Gasteiger partial charge in [0.1, 0.15) is 0 Å². The number of hydrogen-bond acceptors (Lipinski definition) is 2. The number of hydrogen-bond donors (Lipinski definition) is 1. The Morgan fingerprint density at radius 2 is 1.96 bits per heavy atom. The van der Waals surface area contributed by atoms with Gasteiger partial charge in [-0.2, -0.15) is 0 Å². The number of H-pyrrole nitrogens is 1. The summed E-state index contributed by atoms with van der Waals surface area (Å²) in [5.41, 5.74) is 1.75. The molecular weight excluding hydrogens is 300 g/mol. The first-order valence-corrected chi connectivity index (χ1v) is 8.23. The molecule has 23 heavy (non-hydrogen) atoms. The molecule has 0 bridgehead atoms. The minimum Gasteiger partial charge on any atom is -0.306 e. The number of aromatic nitrogens is 2. The molecule has 1 N–H and O–H groups in total. The van der Waals surface area contributed by atoms with Crippen LogP contribution in [0.1, 0.15) is 38.6 Å². The van der Waals surface area contributed by atoms with Crippen molar-refractivity contribution in [2.75, 3.05) is 19.6 Å². The van der Waals surface area contributed by atoms with Crippen LogP contribution in [0.25, 0.3) is 11.0 Å². The maximum absolute atomic E-state index is 12.9. The maximum Gasteiger partial charge on any atom is 0.326 e. The summed E-state index contributed by atoms with van der Waals surface area (Å²) in [7, 11) is 0. The van der Waals surface area contributed by atoms with Crippen LogP contribution >= 0.6 is 0 Å². The highest BCUT2D eigenvalue weighted by Gasteiger charge is 2.25. The van der Waals surface area contributed by atoms with Crippen molar-refractivity contribution in [3.8, 4) is 0 Å². The highest BCUT2D eigenvalue weighted by molar-refractivity contribution is 5.75. The second-order valence-electron chi connectivity index (χ2n) is 6.56. The fraction of sp³-hybridized carbons (Fsp3) is 0.588. The van der Waals surface area contributed by atoms with Gasteiger partial charge in [-0.3, -0.25) is 4.57 Å². The Labute approximate surface area is 134 Å². The molecule has 0 saturated carbocycles. The van der Waals surface area contributed by atoms with Crippen LogP contribution in [0.2, 0.25) is 0 Å². The van der Waals surface area contributed by atoms with Crippen molar-refractivity contribution in [3.05, 3.63) is 34.7 Å². The topological polar surface area (TPSA) is 41.0 Å². The lowest BCUT2D eigenvalue weighted by Crippen LogP contribution is -2.37. The van der Waals surface area contributed by atoms with Gasteiger partial charge >= 0.3 is 5.69 Å². The van der Waals surface area contributed by atoms with E-state index in [2.05, 4.69) is 9.88 Å². The third-order valence-electron chi connectivity index (χ3n) is 4.64. The van der Waals surface area contributed by atoms with Gasteiger partial charge in [0.25, 0.3) is 0 Å². The number of likely N-dealkylation sites (tertiary alicyclic amines) is 1. The van der Waals surface area contributed by atoms with E-state index in [-0.39, 0.29) is 18.2 Å². The van der Waals surface area contributed by atoms with Gasteiger partial charge < -0.3 is 9.88 Å². The standard InChI is InChI=1S/C17H23F2N3O/c1-17(18,19)9-4-10-21-11-7-13(8-12-21)22-15-6-3-2-5-14(15)20-16(22)23/h2-3,5-6,13H,4,7-12H2,1H3,(H,20,23). The van der Waals surface area contributed by atoms with Crippen molar-refractivity contribution in [1.82, 2.24) is 14.5 Å². The Morgan fingerprint density at radius 1 is 1.26 bits per heavy atom. The molecule has 4 nitrogen and oxygen atoms in total. The molecule has 1 aliphatic heterocycles. The molecule has 1 fully saturated rings. The number of halogens is 2. The fourth-order valence-corrected chi connectivity index (χ4v) is 3.45. The third-order valence-corrected chi connectivity index (χ3v) is 4.64. The van der Waals surface area contributed by atoms with E-state index < -0.39 is 5.92 Å². The average molecular weight is 323 g/mol. The van der Waals surface area contributed by atoms with Gasteiger partial charge in [0.05, 0.1) is 11.0 Å². The molecule has 1 aromatic carbocycles. The predicted molar refractivity (Wildman–Crippen MR) is 87.1 cm³/mol. The van der Waals surface area contributed by atoms with E-state index in [0.717, 1.165) is 43.9 Å². The first-order chi connectivity index (χ1) is 10.9. The number of piperidine rings is 1. The summed E-state index contributed by atoms with van der Waals surface area (Å²) in [5, 5.41) is 0. The lowest BCUT2D eigenvalue weighted by atomic mass is 10.0. The molecule has 0 aliphatic carbocycles. The van der Waals surface area contributed by atoms with Crippen molar-refractivity contribution < 1.29 is 8.78 Å². The van der Waals surface area contributed by atoms with Crippen molar-refractivity contribution in [2.45, 2.75) is 44.6 Å². The van der Waals surface area contributed by atoms with E-state index in [1.54, 1.807) is 0 Å². The molecule has 1 saturated heterocycles. The molecule has 0 radical (unpaired) electrons. The molecule has 1 aromatic heterocycles. The zero-order valence-electron chi connectivity index (χ0n) is 13.4. The number of para-hydroxylation sites is 2. The summed E-state index contributed by atoms with van der Waals surface area (Å²) in [5.74, 6) is -2.57. The minimum atomic E-state index is -2.57.